The Morgan fingerprint density at radius 3 is 3.22 bits per heavy atom. The molecule has 1 N–H and O–H groups in total. The topological polar surface area (TPSA) is 63.2 Å². The summed E-state index contributed by atoms with van der Waals surface area (Å²) in [6.45, 7) is 3.96. The highest BCUT2D eigenvalue weighted by Gasteiger charge is 2.15. The molecular weight excluding hydrogens is 234 g/mol. The number of rotatable bonds is 6. The Hall–Kier alpha value is -1.56. The third-order valence-corrected chi connectivity index (χ3v) is 2.48. The molecule has 1 aliphatic heterocycles. The molecule has 0 aromatic rings. The number of nitrogens with zero attached hydrogens (tertiary/aromatic N) is 2. The normalized spacial score (nSPS) is 16.4. The van der Waals surface area contributed by atoms with Gasteiger partial charge in [0.1, 0.15) is 7.11 Å². The summed E-state index contributed by atoms with van der Waals surface area (Å²) >= 11 is 0. The Morgan fingerprint density at radius 1 is 1.67 bits per heavy atom. The van der Waals surface area contributed by atoms with Gasteiger partial charge >= 0.3 is 6.09 Å². The molecule has 0 fully saturated rings. The van der Waals surface area contributed by atoms with E-state index in [4.69, 9.17) is 4.84 Å². The van der Waals surface area contributed by atoms with Gasteiger partial charge in [0.15, 0.2) is 0 Å². The third kappa shape index (κ3) is 5.67. The van der Waals surface area contributed by atoms with E-state index in [2.05, 4.69) is 28.3 Å². The smallest absolute Gasteiger partial charge is 0.399 e. The number of oxime groups is 1. The predicted octanol–water partition coefficient (Wildman–Crippen LogP) is 1.69. The molecule has 6 nitrogen and oxygen atoms in total. The van der Waals surface area contributed by atoms with Gasteiger partial charge < -0.3 is 15.0 Å². The molecule has 0 spiro atoms. The summed E-state index contributed by atoms with van der Waals surface area (Å²) in [5.41, 5.74) is 0.976. The highest BCUT2D eigenvalue weighted by Crippen LogP contribution is 2.08. The van der Waals surface area contributed by atoms with Crippen molar-refractivity contribution in [2.45, 2.75) is 26.2 Å². The lowest BCUT2D eigenvalue weighted by Gasteiger charge is -2.24. The number of amides is 1. The van der Waals surface area contributed by atoms with Crippen molar-refractivity contribution < 1.29 is 14.5 Å². The van der Waals surface area contributed by atoms with E-state index in [1.807, 2.05) is 0 Å². The van der Waals surface area contributed by atoms with E-state index < -0.39 is 6.09 Å². The maximum atomic E-state index is 11.5. The fraction of sp³-hybridized carbons (Fsp3) is 0.667. The molecule has 6 heteroatoms. The quantitative estimate of drug-likeness (QED) is 0.445. The molecule has 0 aromatic heterocycles. The molecule has 0 unspecified atom stereocenters. The van der Waals surface area contributed by atoms with Crippen LogP contribution in [0.4, 0.5) is 4.79 Å². The molecule has 1 aliphatic rings. The highest BCUT2D eigenvalue weighted by molar-refractivity contribution is 5.78. The average Bonchev–Trinajstić information content (AvgIpc) is 2.37. The number of hydroxylamine groups is 2. The summed E-state index contributed by atoms with van der Waals surface area (Å²) in [5, 5.41) is 8.03. The van der Waals surface area contributed by atoms with Crippen molar-refractivity contribution in [2.75, 3.05) is 26.7 Å². The SMILES string of the molecule is CCCCNC(=O)ON1CCC=C(/C=N/OC)C1. The van der Waals surface area contributed by atoms with E-state index >= 15 is 0 Å². The number of hydrogen-bond acceptors (Lipinski definition) is 5. The molecule has 102 valence electrons. The fourth-order valence-electron chi connectivity index (χ4n) is 1.55. The maximum absolute atomic E-state index is 11.5. The van der Waals surface area contributed by atoms with E-state index in [0.717, 1.165) is 24.8 Å². The van der Waals surface area contributed by atoms with Gasteiger partial charge in [0.2, 0.25) is 0 Å². The Morgan fingerprint density at radius 2 is 2.50 bits per heavy atom. The zero-order valence-corrected chi connectivity index (χ0v) is 11.0. The van der Waals surface area contributed by atoms with E-state index in [1.54, 1.807) is 11.3 Å². The standard InChI is InChI=1S/C12H21N3O3/c1-3-4-7-13-12(16)18-15-8-5-6-11(10-15)9-14-17-2/h6,9H,3-5,7-8,10H2,1-2H3,(H,13,16)/b14-9+. The minimum atomic E-state index is -0.395. The average molecular weight is 255 g/mol. The Kier molecular flexibility index (Phi) is 6.86. The Labute approximate surface area is 108 Å². The first kappa shape index (κ1) is 14.5. The molecule has 1 rings (SSSR count). The molecule has 0 atom stereocenters. The molecule has 0 aliphatic carbocycles. The molecule has 0 saturated heterocycles. The van der Waals surface area contributed by atoms with Crippen LogP contribution < -0.4 is 5.32 Å². The van der Waals surface area contributed by atoms with E-state index in [-0.39, 0.29) is 0 Å². The summed E-state index contributed by atoms with van der Waals surface area (Å²) in [4.78, 5) is 21.3. The molecule has 0 saturated carbocycles. The van der Waals surface area contributed by atoms with Crippen LogP contribution in [0.3, 0.4) is 0 Å². The first-order chi connectivity index (χ1) is 8.76. The molecule has 0 bridgehead atoms. The summed E-state index contributed by atoms with van der Waals surface area (Å²) in [5.74, 6) is 0. The van der Waals surface area contributed by atoms with Gasteiger partial charge in [0, 0.05) is 13.1 Å². The van der Waals surface area contributed by atoms with Crippen molar-refractivity contribution in [3.05, 3.63) is 11.6 Å². The monoisotopic (exact) mass is 255 g/mol. The second-order valence-corrected chi connectivity index (χ2v) is 4.01. The van der Waals surface area contributed by atoms with Gasteiger partial charge in [-0.15, -0.1) is 5.06 Å². The summed E-state index contributed by atoms with van der Waals surface area (Å²) in [6, 6.07) is 0. The van der Waals surface area contributed by atoms with Gasteiger partial charge in [-0.3, -0.25) is 0 Å². The number of carbonyl (C=O) groups is 1. The van der Waals surface area contributed by atoms with Crippen molar-refractivity contribution >= 4 is 12.3 Å². The minimum Gasteiger partial charge on any atom is -0.399 e. The summed E-state index contributed by atoms with van der Waals surface area (Å²) in [6.07, 6.45) is 6.12. The molecule has 0 radical (unpaired) electrons. The molecule has 18 heavy (non-hydrogen) atoms. The van der Waals surface area contributed by atoms with Crippen LogP contribution in [0, 0.1) is 0 Å². The molecular formula is C12H21N3O3. The van der Waals surface area contributed by atoms with Crippen molar-refractivity contribution in [1.82, 2.24) is 10.4 Å². The van der Waals surface area contributed by atoms with Crippen LogP contribution in [-0.4, -0.2) is 44.1 Å². The third-order valence-electron chi connectivity index (χ3n) is 2.48. The molecule has 0 aromatic carbocycles. The first-order valence-corrected chi connectivity index (χ1v) is 6.22. The van der Waals surface area contributed by atoms with Crippen LogP contribution in [0.2, 0.25) is 0 Å². The highest BCUT2D eigenvalue weighted by atomic mass is 16.7. The van der Waals surface area contributed by atoms with Crippen LogP contribution in [0.5, 0.6) is 0 Å². The minimum absolute atomic E-state index is 0.395. The van der Waals surface area contributed by atoms with Gasteiger partial charge in [-0.05, 0) is 18.4 Å². The number of nitrogens with one attached hydrogen (secondary N) is 1. The molecule has 1 amide bonds. The van der Waals surface area contributed by atoms with Crippen molar-refractivity contribution in [3.63, 3.8) is 0 Å². The van der Waals surface area contributed by atoms with E-state index in [9.17, 15) is 4.79 Å². The van der Waals surface area contributed by atoms with Crippen LogP contribution in [-0.2, 0) is 9.68 Å². The van der Waals surface area contributed by atoms with Gasteiger partial charge in [-0.1, -0.05) is 24.6 Å². The van der Waals surface area contributed by atoms with Gasteiger partial charge in [0.05, 0.1) is 12.8 Å². The molecule has 1 heterocycles. The van der Waals surface area contributed by atoms with Crippen LogP contribution in [0.15, 0.2) is 16.8 Å². The number of hydrogen-bond donors (Lipinski definition) is 1. The van der Waals surface area contributed by atoms with E-state index in [0.29, 0.717) is 19.6 Å². The van der Waals surface area contributed by atoms with Crippen LogP contribution in [0.1, 0.15) is 26.2 Å². The van der Waals surface area contributed by atoms with Gasteiger partial charge in [-0.2, -0.15) is 0 Å². The van der Waals surface area contributed by atoms with Crippen LogP contribution >= 0.6 is 0 Å². The van der Waals surface area contributed by atoms with E-state index in [1.165, 1.54) is 7.11 Å². The maximum Gasteiger partial charge on any atom is 0.426 e. The number of unbranched alkanes of at least 4 members (excludes halogenated alkanes) is 1. The lowest BCUT2D eigenvalue weighted by molar-refractivity contribution is -0.0932. The van der Waals surface area contributed by atoms with Crippen molar-refractivity contribution in [1.29, 1.82) is 0 Å². The predicted molar refractivity (Wildman–Crippen MR) is 69.2 cm³/mol. The summed E-state index contributed by atoms with van der Waals surface area (Å²) < 4.78 is 0. The second kappa shape index (κ2) is 8.52. The fourth-order valence-corrected chi connectivity index (χ4v) is 1.55. The Bertz CT molecular complexity index is 316. The largest absolute Gasteiger partial charge is 0.426 e. The first-order valence-electron chi connectivity index (χ1n) is 6.22. The second-order valence-electron chi connectivity index (χ2n) is 4.01. The number of carbonyl (C=O) groups excluding carboxylic acids is 1. The Balaban J connectivity index is 2.29. The van der Waals surface area contributed by atoms with Crippen molar-refractivity contribution in [2.24, 2.45) is 5.16 Å². The lowest BCUT2D eigenvalue weighted by atomic mass is 10.2. The zero-order valence-electron chi connectivity index (χ0n) is 11.0. The lowest BCUT2D eigenvalue weighted by Crippen LogP contribution is -2.37. The van der Waals surface area contributed by atoms with Crippen LogP contribution in [0.25, 0.3) is 0 Å². The summed E-state index contributed by atoms with van der Waals surface area (Å²) in [7, 11) is 1.50. The zero-order chi connectivity index (χ0) is 13.2. The van der Waals surface area contributed by atoms with Gasteiger partial charge in [0.25, 0.3) is 0 Å². The van der Waals surface area contributed by atoms with Gasteiger partial charge in [-0.25, -0.2) is 4.79 Å². The van der Waals surface area contributed by atoms with Crippen molar-refractivity contribution in [3.8, 4) is 0 Å².